The van der Waals surface area contributed by atoms with Crippen molar-refractivity contribution in [2.45, 2.75) is 13.3 Å². The van der Waals surface area contributed by atoms with Crippen molar-refractivity contribution in [3.63, 3.8) is 0 Å². The Kier molecular flexibility index (Phi) is 4.03. The first-order valence-electron chi connectivity index (χ1n) is 4.56. The Morgan fingerprint density at radius 3 is 2.80 bits per heavy atom. The Morgan fingerprint density at radius 2 is 2.27 bits per heavy atom. The van der Waals surface area contributed by atoms with Crippen LogP contribution in [-0.4, -0.2) is 13.1 Å². The van der Waals surface area contributed by atoms with Crippen molar-refractivity contribution in [1.82, 2.24) is 0 Å². The molecule has 2 atom stereocenters. The van der Waals surface area contributed by atoms with Crippen LogP contribution < -0.4 is 0 Å². The number of rotatable bonds is 4. The molecule has 0 unspecified atom stereocenters. The standard InChI is InChI=1S/C10H13ClN2O2/c1-6(11)5-12-13-7(2)8-4-9(8)10(14)15-3/h5,8-9H,2,4H2,1,3H3/b6-5+,13-12?/t8-,9+/m1/s1. The average molecular weight is 229 g/mol. The number of nitrogens with zero attached hydrogens (tertiary/aromatic N) is 2. The number of halogens is 1. The smallest absolute Gasteiger partial charge is 0.309 e. The second-order valence-corrected chi connectivity index (χ2v) is 3.99. The van der Waals surface area contributed by atoms with E-state index in [0.29, 0.717) is 10.7 Å². The molecule has 1 aliphatic rings. The molecule has 0 aliphatic heterocycles. The van der Waals surface area contributed by atoms with Crippen LogP contribution in [0.25, 0.3) is 0 Å². The SMILES string of the molecule is C=C(N=N/C=C(\C)Cl)[C@H]1C[C@@H]1C(=O)OC. The van der Waals surface area contributed by atoms with Gasteiger partial charge in [0, 0.05) is 11.0 Å². The van der Waals surface area contributed by atoms with Gasteiger partial charge >= 0.3 is 5.97 Å². The summed E-state index contributed by atoms with van der Waals surface area (Å²) >= 11 is 5.56. The van der Waals surface area contributed by atoms with Crippen LogP contribution in [0, 0.1) is 11.8 Å². The van der Waals surface area contributed by atoms with E-state index in [4.69, 9.17) is 11.6 Å². The summed E-state index contributed by atoms with van der Waals surface area (Å²) in [6.07, 6.45) is 2.18. The fraction of sp³-hybridized carbons (Fsp3) is 0.500. The zero-order valence-electron chi connectivity index (χ0n) is 8.74. The number of carbonyl (C=O) groups excluding carboxylic acids is 1. The van der Waals surface area contributed by atoms with Crippen molar-refractivity contribution in [3.8, 4) is 0 Å². The summed E-state index contributed by atoms with van der Waals surface area (Å²) in [5, 5.41) is 8.13. The molecule has 15 heavy (non-hydrogen) atoms. The molecule has 1 saturated carbocycles. The van der Waals surface area contributed by atoms with Crippen LogP contribution in [-0.2, 0) is 9.53 Å². The summed E-state index contributed by atoms with van der Waals surface area (Å²) in [6.45, 7) is 5.45. The van der Waals surface area contributed by atoms with Gasteiger partial charge in [0.25, 0.3) is 0 Å². The van der Waals surface area contributed by atoms with Crippen molar-refractivity contribution >= 4 is 17.6 Å². The normalized spacial score (nSPS) is 25.4. The van der Waals surface area contributed by atoms with E-state index in [1.165, 1.54) is 13.3 Å². The maximum absolute atomic E-state index is 11.1. The van der Waals surface area contributed by atoms with Crippen LogP contribution in [0.3, 0.4) is 0 Å². The van der Waals surface area contributed by atoms with Crippen molar-refractivity contribution in [2.24, 2.45) is 22.1 Å². The molecule has 82 valence electrons. The molecule has 0 aromatic heterocycles. The maximum atomic E-state index is 11.1. The number of esters is 1. The third-order valence-corrected chi connectivity index (χ3v) is 2.24. The highest BCUT2D eigenvalue weighted by Gasteiger charge is 2.46. The Balaban J connectivity index is 2.42. The van der Waals surface area contributed by atoms with E-state index >= 15 is 0 Å². The zero-order chi connectivity index (χ0) is 11.4. The largest absolute Gasteiger partial charge is 0.469 e. The van der Waals surface area contributed by atoms with E-state index in [0.717, 1.165) is 6.42 Å². The molecule has 5 heteroatoms. The number of azo groups is 1. The van der Waals surface area contributed by atoms with Gasteiger partial charge in [-0.15, -0.1) is 0 Å². The topological polar surface area (TPSA) is 51.0 Å². The summed E-state index contributed by atoms with van der Waals surface area (Å²) in [5.74, 6) is -0.229. The van der Waals surface area contributed by atoms with Gasteiger partial charge in [-0.1, -0.05) is 18.2 Å². The monoisotopic (exact) mass is 228 g/mol. The van der Waals surface area contributed by atoms with Crippen molar-refractivity contribution in [3.05, 3.63) is 23.5 Å². The van der Waals surface area contributed by atoms with Gasteiger partial charge in [0.1, 0.15) is 0 Å². The van der Waals surface area contributed by atoms with E-state index in [1.807, 2.05) is 0 Å². The number of carbonyl (C=O) groups is 1. The van der Waals surface area contributed by atoms with Crippen molar-refractivity contribution < 1.29 is 9.53 Å². The molecule has 0 heterocycles. The molecule has 4 nitrogen and oxygen atoms in total. The summed E-state index contributed by atoms with van der Waals surface area (Å²) in [6, 6.07) is 0. The Hall–Kier alpha value is -1.16. The summed E-state index contributed by atoms with van der Waals surface area (Å²) in [7, 11) is 1.38. The molecular formula is C10H13ClN2O2. The number of methoxy groups -OCH3 is 1. The number of hydrogen-bond acceptors (Lipinski definition) is 4. The second kappa shape index (κ2) is 5.07. The van der Waals surface area contributed by atoms with Crippen LogP contribution in [0.4, 0.5) is 0 Å². The fourth-order valence-corrected chi connectivity index (χ4v) is 1.28. The molecule has 0 N–H and O–H groups in total. The number of hydrogen-bond donors (Lipinski definition) is 0. The first-order chi connectivity index (χ1) is 7.06. The van der Waals surface area contributed by atoms with Gasteiger partial charge in [-0.3, -0.25) is 4.79 Å². The molecule has 1 rings (SSSR count). The van der Waals surface area contributed by atoms with Gasteiger partial charge in [-0.05, 0) is 13.3 Å². The van der Waals surface area contributed by atoms with Crippen LogP contribution in [0.15, 0.2) is 33.7 Å². The Bertz CT molecular complexity index is 332. The van der Waals surface area contributed by atoms with Gasteiger partial charge in [0.2, 0.25) is 0 Å². The molecule has 0 aromatic carbocycles. The lowest BCUT2D eigenvalue weighted by molar-refractivity contribution is -0.142. The van der Waals surface area contributed by atoms with E-state index in [1.54, 1.807) is 6.92 Å². The predicted molar refractivity (Wildman–Crippen MR) is 57.2 cm³/mol. The maximum Gasteiger partial charge on any atom is 0.309 e. The van der Waals surface area contributed by atoms with Crippen LogP contribution in [0.5, 0.6) is 0 Å². The van der Waals surface area contributed by atoms with Crippen LogP contribution >= 0.6 is 11.6 Å². The molecule has 0 bridgehead atoms. The van der Waals surface area contributed by atoms with Crippen molar-refractivity contribution in [2.75, 3.05) is 7.11 Å². The van der Waals surface area contributed by atoms with Gasteiger partial charge < -0.3 is 4.74 Å². The first-order valence-corrected chi connectivity index (χ1v) is 4.93. The third-order valence-electron chi connectivity index (χ3n) is 2.14. The molecular weight excluding hydrogens is 216 g/mol. The minimum atomic E-state index is -0.208. The van der Waals surface area contributed by atoms with E-state index in [2.05, 4.69) is 21.5 Å². The number of allylic oxidation sites excluding steroid dienone is 2. The quantitative estimate of drug-likeness (QED) is 0.549. The Morgan fingerprint density at radius 1 is 1.60 bits per heavy atom. The Labute approximate surface area is 93.7 Å². The zero-order valence-corrected chi connectivity index (χ0v) is 9.49. The van der Waals surface area contributed by atoms with Crippen LogP contribution in [0.1, 0.15) is 13.3 Å². The lowest BCUT2D eigenvalue weighted by atomic mass is 10.3. The van der Waals surface area contributed by atoms with Crippen LogP contribution in [0.2, 0.25) is 0 Å². The van der Waals surface area contributed by atoms with E-state index < -0.39 is 0 Å². The molecule has 0 amide bonds. The average Bonchev–Trinajstić information content (AvgIpc) is 2.95. The molecule has 0 aromatic rings. The first kappa shape index (κ1) is 11.9. The lowest BCUT2D eigenvalue weighted by Crippen LogP contribution is -2.04. The van der Waals surface area contributed by atoms with E-state index in [9.17, 15) is 4.79 Å². The highest BCUT2D eigenvalue weighted by atomic mass is 35.5. The van der Waals surface area contributed by atoms with Crippen molar-refractivity contribution in [1.29, 1.82) is 0 Å². The molecule has 0 saturated heterocycles. The minimum Gasteiger partial charge on any atom is -0.469 e. The van der Waals surface area contributed by atoms with E-state index in [-0.39, 0.29) is 17.8 Å². The minimum absolute atomic E-state index is 0.0743. The fourth-order valence-electron chi connectivity index (χ4n) is 1.23. The second-order valence-electron chi connectivity index (χ2n) is 3.39. The summed E-state index contributed by atoms with van der Waals surface area (Å²) in [4.78, 5) is 11.1. The van der Waals surface area contributed by atoms with Gasteiger partial charge in [0.05, 0.1) is 24.9 Å². The molecule has 1 aliphatic carbocycles. The van der Waals surface area contributed by atoms with Gasteiger partial charge in [0.15, 0.2) is 0 Å². The summed E-state index contributed by atoms with van der Waals surface area (Å²) < 4.78 is 4.61. The molecule has 0 radical (unpaired) electrons. The third kappa shape index (κ3) is 3.47. The molecule has 0 spiro atoms. The van der Waals surface area contributed by atoms with Gasteiger partial charge in [-0.2, -0.15) is 10.2 Å². The molecule has 1 fully saturated rings. The van der Waals surface area contributed by atoms with Gasteiger partial charge in [-0.25, -0.2) is 0 Å². The lowest BCUT2D eigenvalue weighted by Gasteiger charge is -1.96. The highest BCUT2D eigenvalue weighted by molar-refractivity contribution is 6.29. The summed E-state index contributed by atoms with van der Waals surface area (Å²) in [5.41, 5.74) is 0.597. The number of ether oxygens (including phenoxy) is 1. The highest BCUT2D eigenvalue weighted by Crippen LogP contribution is 2.44. The predicted octanol–water partition coefficient (Wildman–Crippen LogP) is 2.86.